The van der Waals surface area contributed by atoms with Crippen LogP contribution >= 0.6 is 0 Å². The normalized spacial score (nSPS) is 36.0. The standard InChI is InChI=1S/C6H12N2.2H3N/c1-2-8-5-3-7(1)4-6-8;;/h1-6H2;2*1H3. The summed E-state index contributed by atoms with van der Waals surface area (Å²) in [6.45, 7) is 7.92. The molecule has 3 aliphatic rings. The zero-order valence-electron chi connectivity index (χ0n) is 6.55. The van der Waals surface area contributed by atoms with Crippen LogP contribution < -0.4 is 12.3 Å². The first-order chi connectivity index (χ1) is 3.95. The molecule has 3 heterocycles. The van der Waals surface area contributed by atoms with Crippen molar-refractivity contribution in [2.45, 2.75) is 0 Å². The van der Waals surface area contributed by atoms with Gasteiger partial charge in [-0.1, -0.05) is 0 Å². The molecule has 0 radical (unpaired) electrons. The molecule has 2 bridgehead atoms. The number of hydrogen-bond acceptors (Lipinski definition) is 4. The number of fused-ring (bicyclic) bond motifs is 3. The highest BCUT2D eigenvalue weighted by molar-refractivity contribution is 4.78. The van der Waals surface area contributed by atoms with Gasteiger partial charge in [-0.05, 0) is 0 Å². The highest BCUT2D eigenvalue weighted by Crippen LogP contribution is 2.06. The zero-order chi connectivity index (χ0) is 5.40. The van der Waals surface area contributed by atoms with Crippen molar-refractivity contribution in [3.8, 4) is 0 Å². The smallest absolute Gasteiger partial charge is 0.0110 e. The molecule has 0 aromatic carbocycles. The van der Waals surface area contributed by atoms with E-state index in [2.05, 4.69) is 9.80 Å². The molecule has 3 saturated heterocycles. The molecule has 0 spiro atoms. The molecule has 6 N–H and O–H groups in total. The molecule has 3 aliphatic heterocycles. The van der Waals surface area contributed by atoms with Crippen LogP contribution in [0, 0.1) is 0 Å². The minimum atomic E-state index is 0. The monoisotopic (exact) mass is 146 g/mol. The summed E-state index contributed by atoms with van der Waals surface area (Å²) in [5.74, 6) is 0. The van der Waals surface area contributed by atoms with Gasteiger partial charge in [0, 0.05) is 39.3 Å². The van der Waals surface area contributed by atoms with Crippen molar-refractivity contribution in [2.75, 3.05) is 39.3 Å². The fraction of sp³-hybridized carbons (Fsp3) is 1.00. The summed E-state index contributed by atoms with van der Waals surface area (Å²) in [7, 11) is 0. The molecule has 0 atom stereocenters. The second-order valence-electron chi connectivity index (χ2n) is 2.68. The van der Waals surface area contributed by atoms with Gasteiger partial charge in [-0.2, -0.15) is 0 Å². The van der Waals surface area contributed by atoms with Gasteiger partial charge in [0.15, 0.2) is 0 Å². The molecule has 4 heteroatoms. The highest BCUT2D eigenvalue weighted by Gasteiger charge is 2.21. The van der Waals surface area contributed by atoms with Gasteiger partial charge in [0.05, 0.1) is 0 Å². The van der Waals surface area contributed by atoms with Crippen LogP contribution in [0.15, 0.2) is 0 Å². The second-order valence-corrected chi connectivity index (χ2v) is 2.68. The molecule has 4 nitrogen and oxygen atoms in total. The van der Waals surface area contributed by atoms with E-state index < -0.39 is 0 Å². The van der Waals surface area contributed by atoms with Gasteiger partial charge in [0.2, 0.25) is 0 Å². The van der Waals surface area contributed by atoms with E-state index in [0.29, 0.717) is 0 Å². The molecule has 3 fully saturated rings. The number of piperazine rings is 3. The SMILES string of the molecule is C1CN2CCN1CC2.N.N. The van der Waals surface area contributed by atoms with Gasteiger partial charge in [-0.15, -0.1) is 0 Å². The van der Waals surface area contributed by atoms with Crippen LogP contribution in [-0.4, -0.2) is 49.1 Å². The van der Waals surface area contributed by atoms with Crippen LogP contribution in [0.1, 0.15) is 0 Å². The second kappa shape index (κ2) is 3.88. The number of nitrogens with zero attached hydrogens (tertiary/aromatic N) is 2. The lowest BCUT2D eigenvalue weighted by molar-refractivity contribution is 0.0647. The first-order valence-corrected chi connectivity index (χ1v) is 3.40. The first-order valence-electron chi connectivity index (χ1n) is 3.40. The molecule has 0 aromatic heterocycles. The van der Waals surface area contributed by atoms with Gasteiger partial charge >= 0.3 is 0 Å². The molecule has 0 aromatic rings. The van der Waals surface area contributed by atoms with E-state index in [9.17, 15) is 0 Å². The molecule has 62 valence electrons. The predicted molar refractivity (Wildman–Crippen MR) is 42.9 cm³/mol. The van der Waals surface area contributed by atoms with E-state index in [0.717, 1.165) is 0 Å². The van der Waals surface area contributed by atoms with Gasteiger partial charge in [0.1, 0.15) is 0 Å². The fourth-order valence-corrected chi connectivity index (χ4v) is 1.52. The van der Waals surface area contributed by atoms with E-state index in [1.165, 1.54) is 39.3 Å². The molecule has 0 amide bonds. The summed E-state index contributed by atoms with van der Waals surface area (Å²) in [5.41, 5.74) is 0. The number of hydrogen-bond donors (Lipinski definition) is 2. The average Bonchev–Trinajstić information content (AvgIpc) is 1.92. The Morgan fingerprint density at radius 1 is 0.500 bits per heavy atom. The van der Waals surface area contributed by atoms with Crippen LogP contribution in [0.5, 0.6) is 0 Å². The van der Waals surface area contributed by atoms with Crippen molar-refractivity contribution >= 4 is 0 Å². The minimum Gasteiger partial charge on any atom is -0.344 e. The van der Waals surface area contributed by atoms with E-state index >= 15 is 0 Å². The largest absolute Gasteiger partial charge is 0.344 e. The maximum atomic E-state index is 2.54. The average molecular weight is 146 g/mol. The lowest BCUT2D eigenvalue weighted by Crippen LogP contribution is -2.55. The third-order valence-corrected chi connectivity index (χ3v) is 2.20. The molecule has 3 rings (SSSR count). The third-order valence-electron chi connectivity index (χ3n) is 2.20. The van der Waals surface area contributed by atoms with Crippen molar-refractivity contribution < 1.29 is 0 Å². The molecule has 10 heavy (non-hydrogen) atoms. The Kier molecular flexibility index (Phi) is 3.81. The maximum Gasteiger partial charge on any atom is 0.0110 e. The topological polar surface area (TPSA) is 76.5 Å². The summed E-state index contributed by atoms with van der Waals surface area (Å²) in [5, 5.41) is 0. The molecular weight excluding hydrogens is 128 g/mol. The summed E-state index contributed by atoms with van der Waals surface area (Å²) in [4.78, 5) is 5.08. The van der Waals surface area contributed by atoms with E-state index in [1.807, 2.05) is 0 Å². The van der Waals surface area contributed by atoms with Crippen molar-refractivity contribution in [1.82, 2.24) is 22.1 Å². The van der Waals surface area contributed by atoms with Gasteiger partial charge in [-0.25, -0.2) is 0 Å². The summed E-state index contributed by atoms with van der Waals surface area (Å²) in [6.07, 6.45) is 0. The quantitative estimate of drug-likeness (QED) is 0.502. The highest BCUT2D eigenvalue weighted by atomic mass is 15.3. The Hall–Kier alpha value is -0.160. The lowest BCUT2D eigenvalue weighted by Gasteiger charge is -2.41. The Bertz CT molecular complexity index is 64.7. The molecule has 0 unspecified atom stereocenters. The molecule has 0 saturated carbocycles. The van der Waals surface area contributed by atoms with Crippen molar-refractivity contribution in [1.29, 1.82) is 0 Å². The Morgan fingerprint density at radius 3 is 0.800 bits per heavy atom. The summed E-state index contributed by atoms with van der Waals surface area (Å²) in [6, 6.07) is 0. The summed E-state index contributed by atoms with van der Waals surface area (Å²) < 4.78 is 0. The van der Waals surface area contributed by atoms with E-state index in [-0.39, 0.29) is 12.3 Å². The van der Waals surface area contributed by atoms with Crippen LogP contribution in [0.3, 0.4) is 0 Å². The van der Waals surface area contributed by atoms with Crippen LogP contribution in [-0.2, 0) is 0 Å². The molecule has 0 aliphatic carbocycles. The van der Waals surface area contributed by atoms with Crippen molar-refractivity contribution in [2.24, 2.45) is 0 Å². The third kappa shape index (κ3) is 1.67. The summed E-state index contributed by atoms with van der Waals surface area (Å²) >= 11 is 0. The van der Waals surface area contributed by atoms with Gasteiger partial charge < -0.3 is 12.3 Å². The predicted octanol–water partition coefficient (Wildman–Crippen LogP) is -0.0584. The van der Waals surface area contributed by atoms with Crippen LogP contribution in [0.4, 0.5) is 0 Å². The van der Waals surface area contributed by atoms with Crippen molar-refractivity contribution in [3.05, 3.63) is 0 Å². The Morgan fingerprint density at radius 2 is 0.700 bits per heavy atom. The number of rotatable bonds is 0. The Labute approximate surface area is 62.3 Å². The van der Waals surface area contributed by atoms with E-state index in [1.54, 1.807) is 0 Å². The van der Waals surface area contributed by atoms with Crippen LogP contribution in [0.2, 0.25) is 0 Å². The van der Waals surface area contributed by atoms with Crippen molar-refractivity contribution in [3.63, 3.8) is 0 Å². The minimum absolute atomic E-state index is 0. The van der Waals surface area contributed by atoms with Gasteiger partial charge in [-0.3, -0.25) is 9.80 Å². The first kappa shape index (κ1) is 9.84. The maximum absolute atomic E-state index is 2.54. The molecular formula is C6H18N4. The van der Waals surface area contributed by atoms with Gasteiger partial charge in [0.25, 0.3) is 0 Å². The zero-order valence-corrected chi connectivity index (χ0v) is 6.55. The Balaban J connectivity index is 0.000000405. The lowest BCUT2D eigenvalue weighted by atomic mass is 10.2. The van der Waals surface area contributed by atoms with E-state index in [4.69, 9.17) is 0 Å². The fourth-order valence-electron chi connectivity index (χ4n) is 1.52. The van der Waals surface area contributed by atoms with Crippen LogP contribution in [0.25, 0.3) is 0 Å².